The maximum atomic E-state index is 9.80. The van der Waals surface area contributed by atoms with Gasteiger partial charge in [0.2, 0.25) is 5.95 Å². The Morgan fingerprint density at radius 1 is 1.19 bits per heavy atom. The van der Waals surface area contributed by atoms with Crippen molar-refractivity contribution in [3.05, 3.63) is 41.6 Å². The number of aliphatic hydroxyl groups excluding tert-OH is 2. The summed E-state index contributed by atoms with van der Waals surface area (Å²) in [7, 11) is 1.65. The number of methoxy groups -OCH3 is 1. The Kier molecular flexibility index (Phi) is 7.28. The molecule has 6 rings (SSSR count). The van der Waals surface area contributed by atoms with Crippen molar-refractivity contribution in [2.24, 2.45) is 23.2 Å². The highest BCUT2D eigenvalue weighted by atomic mass is 16.5. The number of ether oxygens (including phenoxy) is 1. The molecule has 4 aliphatic rings. The minimum absolute atomic E-state index is 0.201. The summed E-state index contributed by atoms with van der Waals surface area (Å²) < 4.78 is 5.43. The number of rotatable bonds is 11. The molecule has 192 valence electrons. The Labute approximate surface area is 212 Å². The lowest BCUT2D eigenvalue weighted by atomic mass is 9.48. The Morgan fingerprint density at radius 3 is 2.69 bits per heavy atom. The van der Waals surface area contributed by atoms with Crippen LogP contribution in [0.15, 0.2) is 30.5 Å². The number of nitriles is 1. The van der Waals surface area contributed by atoms with Crippen LogP contribution in [0.2, 0.25) is 0 Å². The van der Waals surface area contributed by atoms with Gasteiger partial charge in [-0.3, -0.25) is 0 Å². The van der Waals surface area contributed by atoms with Crippen molar-refractivity contribution in [3.63, 3.8) is 0 Å². The summed E-state index contributed by atoms with van der Waals surface area (Å²) in [5, 5.41) is 39.0. The fraction of sp³-hybridized carbons (Fsp3) is 0.593. The van der Waals surface area contributed by atoms with Gasteiger partial charge in [-0.05, 0) is 61.3 Å². The third-order valence-electron chi connectivity index (χ3n) is 8.37. The van der Waals surface area contributed by atoms with Gasteiger partial charge in [-0.25, -0.2) is 4.98 Å². The largest absolute Gasteiger partial charge is 0.496 e. The molecule has 4 fully saturated rings. The summed E-state index contributed by atoms with van der Waals surface area (Å²) >= 11 is 0. The SMILES string of the molecule is COc1ccccc1CNc1ncc(C#N)c(NCC23CC4C[C@H](C2)C(NC[C@H](O)CO)[C@@H](C4)C3)n1. The van der Waals surface area contributed by atoms with Crippen LogP contribution in [0.4, 0.5) is 11.8 Å². The highest BCUT2D eigenvalue weighted by Crippen LogP contribution is 2.60. The van der Waals surface area contributed by atoms with E-state index in [-0.39, 0.29) is 12.0 Å². The molecule has 6 atom stereocenters. The molecule has 1 heterocycles. The monoisotopic (exact) mass is 492 g/mol. The van der Waals surface area contributed by atoms with Gasteiger partial charge in [-0.2, -0.15) is 10.2 Å². The molecular formula is C27H36N6O3. The predicted octanol–water partition coefficient (Wildman–Crippen LogP) is 2.52. The number of hydrogen-bond donors (Lipinski definition) is 5. The lowest BCUT2D eigenvalue weighted by molar-refractivity contribution is -0.0719. The van der Waals surface area contributed by atoms with Crippen LogP contribution in [-0.4, -0.2) is 59.1 Å². The fourth-order valence-electron chi connectivity index (χ4n) is 7.06. The summed E-state index contributed by atoms with van der Waals surface area (Å²) in [6, 6.07) is 10.5. The second-order valence-corrected chi connectivity index (χ2v) is 10.8. The van der Waals surface area contributed by atoms with Gasteiger partial charge in [-0.1, -0.05) is 18.2 Å². The average molecular weight is 493 g/mol. The minimum Gasteiger partial charge on any atom is -0.496 e. The van der Waals surface area contributed by atoms with Crippen LogP contribution in [0.3, 0.4) is 0 Å². The highest BCUT2D eigenvalue weighted by Gasteiger charge is 2.55. The van der Waals surface area contributed by atoms with Gasteiger partial charge in [0.25, 0.3) is 0 Å². The summed E-state index contributed by atoms with van der Waals surface area (Å²) in [6.45, 7) is 1.55. The third-order valence-corrected chi connectivity index (χ3v) is 8.37. The van der Waals surface area contributed by atoms with Gasteiger partial charge >= 0.3 is 0 Å². The molecule has 0 radical (unpaired) electrons. The number of hydrogen-bond acceptors (Lipinski definition) is 9. The number of nitrogens with one attached hydrogen (secondary N) is 3. The van der Waals surface area contributed by atoms with Crippen molar-refractivity contribution in [2.45, 2.75) is 50.8 Å². The van der Waals surface area contributed by atoms with E-state index in [1.807, 2.05) is 24.3 Å². The number of benzene rings is 1. The van der Waals surface area contributed by atoms with Gasteiger partial charge < -0.3 is 30.9 Å². The Bertz CT molecular complexity index is 1090. The van der Waals surface area contributed by atoms with E-state index in [4.69, 9.17) is 4.74 Å². The van der Waals surface area contributed by atoms with Gasteiger partial charge in [0.1, 0.15) is 23.2 Å². The predicted molar refractivity (Wildman–Crippen MR) is 136 cm³/mol. The Balaban J connectivity index is 1.24. The van der Waals surface area contributed by atoms with Crippen LogP contribution < -0.4 is 20.7 Å². The van der Waals surface area contributed by atoms with Crippen molar-refractivity contribution in [1.82, 2.24) is 15.3 Å². The zero-order valence-corrected chi connectivity index (χ0v) is 20.8. The number of para-hydroxylation sites is 1. The highest BCUT2D eigenvalue weighted by molar-refractivity contribution is 5.53. The molecule has 5 N–H and O–H groups in total. The first-order valence-corrected chi connectivity index (χ1v) is 12.9. The molecule has 0 spiro atoms. The number of aromatic nitrogens is 2. The van der Waals surface area contributed by atoms with Crippen LogP contribution in [0.25, 0.3) is 0 Å². The minimum atomic E-state index is -0.703. The molecule has 0 amide bonds. The molecule has 0 saturated heterocycles. The van der Waals surface area contributed by atoms with Gasteiger partial charge in [0.15, 0.2) is 0 Å². The summed E-state index contributed by atoms with van der Waals surface area (Å²) in [5.41, 5.74) is 1.65. The average Bonchev–Trinajstić information content (AvgIpc) is 2.90. The van der Waals surface area contributed by atoms with Crippen molar-refractivity contribution in [2.75, 3.05) is 37.4 Å². The zero-order valence-electron chi connectivity index (χ0n) is 20.8. The summed E-state index contributed by atoms with van der Waals surface area (Å²) in [5.74, 6) is 3.76. The summed E-state index contributed by atoms with van der Waals surface area (Å²) in [4.78, 5) is 8.98. The van der Waals surface area contributed by atoms with Crippen LogP contribution in [-0.2, 0) is 6.54 Å². The molecule has 9 nitrogen and oxygen atoms in total. The zero-order chi connectivity index (χ0) is 25.1. The first kappa shape index (κ1) is 24.8. The molecule has 4 bridgehead atoms. The van der Waals surface area contributed by atoms with Gasteiger partial charge in [0.05, 0.1) is 26.0 Å². The van der Waals surface area contributed by atoms with E-state index in [1.54, 1.807) is 13.3 Å². The molecule has 0 aliphatic heterocycles. The smallest absolute Gasteiger partial charge is 0.224 e. The molecule has 36 heavy (non-hydrogen) atoms. The lowest BCUT2D eigenvalue weighted by Gasteiger charge is -2.60. The Hall–Kier alpha value is -2.93. The molecule has 4 saturated carbocycles. The van der Waals surface area contributed by atoms with Gasteiger partial charge in [-0.15, -0.1) is 0 Å². The summed E-state index contributed by atoms with van der Waals surface area (Å²) in [6.07, 6.45) is 6.82. The second-order valence-electron chi connectivity index (χ2n) is 10.8. The molecule has 3 unspecified atom stereocenters. The van der Waals surface area contributed by atoms with E-state index in [1.165, 1.54) is 19.3 Å². The molecular weight excluding hydrogens is 456 g/mol. The Morgan fingerprint density at radius 2 is 1.97 bits per heavy atom. The molecule has 4 aliphatic carbocycles. The van der Waals surface area contributed by atoms with E-state index < -0.39 is 6.10 Å². The topological polar surface area (TPSA) is 135 Å². The van der Waals surface area contributed by atoms with E-state index in [9.17, 15) is 15.5 Å². The number of nitrogens with zero attached hydrogens (tertiary/aromatic N) is 3. The molecule has 2 aromatic rings. The number of anilines is 2. The van der Waals surface area contributed by atoms with Crippen molar-refractivity contribution >= 4 is 11.8 Å². The van der Waals surface area contributed by atoms with Crippen LogP contribution >= 0.6 is 0 Å². The first-order valence-electron chi connectivity index (χ1n) is 12.9. The van der Waals surface area contributed by atoms with Crippen LogP contribution in [0.1, 0.15) is 43.2 Å². The maximum absolute atomic E-state index is 9.80. The lowest BCUT2D eigenvalue weighted by Crippen LogP contribution is -2.60. The van der Waals surface area contributed by atoms with Crippen molar-refractivity contribution < 1.29 is 14.9 Å². The molecule has 1 aromatic heterocycles. The van der Waals surface area contributed by atoms with E-state index in [2.05, 4.69) is 32.0 Å². The fourth-order valence-corrected chi connectivity index (χ4v) is 7.06. The normalized spacial score (nSPS) is 28.9. The van der Waals surface area contributed by atoms with E-state index in [0.717, 1.165) is 36.6 Å². The molecule has 1 aromatic carbocycles. The van der Waals surface area contributed by atoms with Gasteiger partial charge in [0, 0.05) is 31.2 Å². The van der Waals surface area contributed by atoms with Crippen molar-refractivity contribution in [1.29, 1.82) is 5.26 Å². The molecule has 9 heteroatoms. The van der Waals surface area contributed by atoms with Crippen LogP contribution in [0.5, 0.6) is 5.75 Å². The maximum Gasteiger partial charge on any atom is 0.224 e. The van der Waals surface area contributed by atoms with E-state index >= 15 is 0 Å². The van der Waals surface area contributed by atoms with E-state index in [0.29, 0.717) is 48.3 Å². The third kappa shape index (κ3) is 5.12. The van der Waals surface area contributed by atoms with Crippen LogP contribution in [0, 0.1) is 34.5 Å². The standard InChI is InChI=1S/C27H36N6O3/c1-36-23-5-3-2-4-18(23)12-30-26-31-13-21(11-28)25(33-26)32-16-27-8-17-6-19(9-27)24(20(7-17)10-27)29-14-22(35)15-34/h2-5,13,17,19-20,22,24,29,34-35H,6-10,12,14-16H2,1H3,(H2,30,31,32,33)/t17?,19-,20+,22-,24?,27?/m0/s1. The van der Waals surface area contributed by atoms with Crippen molar-refractivity contribution in [3.8, 4) is 11.8 Å². The first-order chi connectivity index (χ1) is 17.5. The second kappa shape index (κ2) is 10.6. The quantitative estimate of drug-likeness (QED) is 0.321. The number of aliphatic hydroxyl groups is 2.